The Balaban J connectivity index is 1.69. The summed E-state index contributed by atoms with van der Waals surface area (Å²) in [5, 5.41) is 2.89. The monoisotopic (exact) mass is 323 g/mol. The van der Waals surface area contributed by atoms with Crippen molar-refractivity contribution in [2.75, 3.05) is 16.8 Å². The van der Waals surface area contributed by atoms with Gasteiger partial charge in [-0.1, -0.05) is 24.6 Å². The van der Waals surface area contributed by atoms with Crippen LogP contribution in [0.2, 0.25) is 0 Å². The van der Waals surface area contributed by atoms with E-state index in [0.29, 0.717) is 11.7 Å². The first-order valence-electron chi connectivity index (χ1n) is 8.78. The van der Waals surface area contributed by atoms with Crippen molar-refractivity contribution < 1.29 is 4.79 Å². The summed E-state index contributed by atoms with van der Waals surface area (Å²) in [6.45, 7) is 5.34. The molecule has 1 aromatic heterocycles. The lowest BCUT2D eigenvalue weighted by molar-refractivity contribution is 0.102. The maximum atomic E-state index is 12.3. The Hall–Kier alpha value is -2.36. The van der Waals surface area contributed by atoms with Gasteiger partial charge in [0.05, 0.1) is 11.9 Å². The summed E-state index contributed by atoms with van der Waals surface area (Å²) in [6.07, 6.45) is 6.76. The van der Waals surface area contributed by atoms with Gasteiger partial charge in [-0.05, 0) is 56.9 Å². The molecule has 1 atom stereocenters. The predicted octanol–water partition coefficient (Wildman–Crippen LogP) is 4.41. The topological polar surface area (TPSA) is 45.2 Å². The molecular formula is C20H25N3O. The maximum Gasteiger partial charge on any atom is 0.274 e. The molecule has 24 heavy (non-hydrogen) atoms. The minimum absolute atomic E-state index is 0.170. The Labute approximate surface area is 143 Å². The van der Waals surface area contributed by atoms with Crippen LogP contribution in [0.15, 0.2) is 42.6 Å². The predicted molar refractivity (Wildman–Crippen MR) is 98.6 cm³/mol. The Bertz CT molecular complexity index is 679. The van der Waals surface area contributed by atoms with Crippen LogP contribution >= 0.6 is 0 Å². The molecule has 3 rings (SSSR count). The number of nitrogens with one attached hydrogen (secondary N) is 1. The normalized spacial score (nSPS) is 17.6. The first kappa shape index (κ1) is 16.5. The van der Waals surface area contributed by atoms with Gasteiger partial charge in [0.25, 0.3) is 5.91 Å². The highest BCUT2D eigenvalue weighted by Crippen LogP contribution is 2.26. The zero-order valence-electron chi connectivity index (χ0n) is 14.5. The first-order chi connectivity index (χ1) is 11.7. The number of amides is 1. The van der Waals surface area contributed by atoms with E-state index in [1.165, 1.54) is 24.8 Å². The molecule has 1 aliphatic rings. The van der Waals surface area contributed by atoms with Crippen molar-refractivity contribution in [3.63, 3.8) is 0 Å². The van der Waals surface area contributed by atoms with E-state index >= 15 is 0 Å². The number of anilines is 2. The lowest BCUT2D eigenvalue weighted by atomic mass is 9.99. The summed E-state index contributed by atoms with van der Waals surface area (Å²) in [5.41, 5.74) is 3.53. The molecule has 1 saturated heterocycles. The average molecular weight is 323 g/mol. The van der Waals surface area contributed by atoms with E-state index in [1.54, 1.807) is 0 Å². The van der Waals surface area contributed by atoms with E-state index in [2.05, 4.69) is 22.1 Å². The van der Waals surface area contributed by atoms with Crippen LogP contribution in [-0.4, -0.2) is 23.5 Å². The molecule has 2 heterocycles. The summed E-state index contributed by atoms with van der Waals surface area (Å²) < 4.78 is 0. The van der Waals surface area contributed by atoms with Crippen molar-refractivity contribution in [2.24, 2.45) is 0 Å². The Morgan fingerprint density at radius 1 is 1.21 bits per heavy atom. The third-order valence-corrected chi connectivity index (χ3v) is 4.72. The number of nitrogens with zero attached hydrogens (tertiary/aromatic N) is 2. The van der Waals surface area contributed by atoms with E-state index in [1.807, 2.05) is 49.5 Å². The molecule has 1 aliphatic heterocycles. The fraction of sp³-hybridized carbons (Fsp3) is 0.400. The van der Waals surface area contributed by atoms with Gasteiger partial charge in [-0.15, -0.1) is 0 Å². The highest BCUT2D eigenvalue weighted by Gasteiger charge is 2.21. The van der Waals surface area contributed by atoms with Crippen LogP contribution in [0.5, 0.6) is 0 Å². The summed E-state index contributed by atoms with van der Waals surface area (Å²) in [4.78, 5) is 19.1. The zero-order chi connectivity index (χ0) is 16.9. The van der Waals surface area contributed by atoms with Gasteiger partial charge >= 0.3 is 0 Å². The van der Waals surface area contributed by atoms with Crippen molar-refractivity contribution >= 4 is 17.3 Å². The number of rotatable bonds is 4. The van der Waals surface area contributed by atoms with E-state index in [-0.39, 0.29) is 5.91 Å². The second-order valence-electron chi connectivity index (χ2n) is 6.47. The third kappa shape index (κ3) is 3.75. The smallest absolute Gasteiger partial charge is 0.274 e. The minimum Gasteiger partial charge on any atom is -0.367 e. The second-order valence-corrected chi connectivity index (χ2v) is 6.47. The molecule has 1 unspecified atom stereocenters. The van der Waals surface area contributed by atoms with Crippen LogP contribution in [0.1, 0.15) is 48.7 Å². The fourth-order valence-corrected chi connectivity index (χ4v) is 3.29. The van der Waals surface area contributed by atoms with E-state index < -0.39 is 0 Å². The quantitative estimate of drug-likeness (QED) is 0.906. The van der Waals surface area contributed by atoms with Gasteiger partial charge in [-0.2, -0.15) is 0 Å². The summed E-state index contributed by atoms with van der Waals surface area (Å²) >= 11 is 0. The average Bonchev–Trinajstić information content (AvgIpc) is 2.63. The van der Waals surface area contributed by atoms with Crippen molar-refractivity contribution in [1.29, 1.82) is 0 Å². The van der Waals surface area contributed by atoms with E-state index in [9.17, 15) is 4.79 Å². The van der Waals surface area contributed by atoms with Crippen molar-refractivity contribution in [2.45, 2.75) is 45.6 Å². The van der Waals surface area contributed by atoms with Gasteiger partial charge in [0, 0.05) is 18.3 Å². The van der Waals surface area contributed by atoms with Gasteiger partial charge in [-0.25, -0.2) is 4.98 Å². The van der Waals surface area contributed by atoms with Crippen LogP contribution in [-0.2, 0) is 0 Å². The minimum atomic E-state index is -0.170. The summed E-state index contributed by atoms with van der Waals surface area (Å²) in [6, 6.07) is 12.2. The number of benzene rings is 1. The standard InChI is InChI=1S/C20H25N3O/c1-3-17-6-4-5-13-23(17)18-11-12-19(21-14-18)20(24)22-16-9-7-15(2)8-10-16/h7-12,14,17H,3-6,13H2,1-2H3,(H,22,24). The molecule has 1 aromatic carbocycles. The first-order valence-corrected chi connectivity index (χ1v) is 8.78. The van der Waals surface area contributed by atoms with Crippen LogP contribution < -0.4 is 10.2 Å². The molecular weight excluding hydrogens is 298 g/mol. The molecule has 0 bridgehead atoms. The number of carbonyl (C=O) groups excluding carboxylic acids is 1. The van der Waals surface area contributed by atoms with Gasteiger partial charge in [0.1, 0.15) is 5.69 Å². The molecule has 0 spiro atoms. The molecule has 0 radical (unpaired) electrons. The van der Waals surface area contributed by atoms with Crippen molar-refractivity contribution in [3.05, 3.63) is 53.9 Å². The lowest BCUT2D eigenvalue weighted by Crippen LogP contribution is -2.39. The lowest BCUT2D eigenvalue weighted by Gasteiger charge is -2.37. The van der Waals surface area contributed by atoms with Crippen LogP contribution in [0.25, 0.3) is 0 Å². The van der Waals surface area contributed by atoms with Gasteiger partial charge < -0.3 is 10.2 Å². The van der Waals surface area contributed by atoms with Crippen LogP contribution in [0, 0.1) is 6.92 Å². The SMILES string of the molecule is CCC1CCCCN1c1ccc(C(=O)Nc2ccc(C)cc2)nc1. The number of carbonyl (C=O) groups is 1. The Kier molecular flexibility index (Phi) is 5.14. The van der Waals surface area contributed by atoms with Gasteiger partial charge in [0.15, 0.2) is 0 Å². The highest BCUT2D eigenvalue weighted by molar-refractivity contribution is 6.02. The number of pyridine rings is 1. The molecule has 0 saturated carbocycles. The maximum absolute atomic E-state index is 12.3. The molecule has 1 amide bonds. The highest BCUT2D eigenvalue weighted by atomic mass is 16.1. The fourth-order valence-electron chi connectivity index (χ4n) is 3.29. The summed E-state index contributed by atoms with van der Waals surface area (Å²) in [7, 11) is 0. The number of aromatic nitrogens is 1. The molecule has 126 valence electrons. The number of hydrogen-bond donors (Lipinski definition) is 1. The molecule has 1 N–H and O–H groups in total. The Morgan fingerprint density at radius 2 is 2.00 bits per heavy atom. The summed E-state index contributed by atoms with van der Waals surface area (Å²) in [5.74, 6) is -0.170. The van der Waals surface area contributed by atoms with Crippen molar-refractivity contribution in [3.8, 4) is 0 Å². The largest absolute Gasteiger partial charge is 0.367 e. The van der Waals surface area contributed by atoms with E-state index in [0.717, 1.165) is 24.3 Å². The molecule has 4 nitrogen and oxygen atoms in total. The van der Waals surface area contributed by atoms with Gasteiger partial charge in [0.2, 0.25) is 0 Å². The van der Waals surface area contributed by atoms with E-state index in [4.69, 9.17) is 0 Å². The van der Waals surface area contributed by atoms with Crippen molar-refractivity contribution in [1.82, 2.24) is 4.98 Å². The number of aryl methyl sites for hydroxylation is 1. The number of hydrogen-bond acceptors (Lipinski definition) is 3. The second kappa shape index (κ2) is 7.47. The molecule has 0 aliphatic carbocycles. The Morgan fingerprint density at radius 3 is 2.67 bits per heavy atom. The van der Waals surface area contributed by atoms with Gasteiger partial charge in [-0.3, -0.25) is 4.79 Å². The zero-order valence-corrected chi connectivity index (χ0v) is 14.5. The van der Waals surface area contributed by atoms with Crippen LogP contribution in [0.4, 0.5) is 11.4 Å². The van der Waals surface area contributed by atoms with Crippen LogP contribution in [0.3, 0.4) is 0 Å². The molecule has 2 aromatic rings. The number of piperidine rings is 1. The third-order valence-electron chi connectivity index (χ3n) is 4.72. The molecule has 1 fully saturated rings. The molecule has 4 heteroatoms.